The van der Waals surface area contributed by atoms with Crippen molar-refractivity contribution in [2.75, 3.05) is 14.1 Å². The van der Waals surface area contributed by atoms with Gasteiger partial charge in [-0.15, -0.1) is 0 Å². The van der Waals surface area contributed by atoms with E-state index in [1.54, 1.807) is 19.6 Å². The van der Waals surface area contributed by atoms with Gasteiger partial charge in [-0.1, -0.05) is 42.5 Å². The monoisotopic (exact) mass is 386 g/mol. The van der Waals surface area contributed by atoms with Crippen LogP contribution in [-0.4, -0.2) is 32.5 Å². The van der Waals surface area contributed by atoms with Gasteiger partial charge >= 0.3 is 0 Å². The lowest BCUT2D eigenvalue weighted by Crippen LogP contribution is -2.29. The van der Waals surface area contributed by atoms with Gasteiger partial charge in [-0.05, 0) is 74.6 Å². The summed E-state index contributed by atoms with van der Waals surface area (Å²) in [7, 11) is 3.62. The van der Waals surface area contributed by atoms with E-state index in [0.29, 0.717) is 5.02 Å². The summed E-state index contributed by atoms with van der Waals surface area (Å²) in [6.45, 7) is 12.3. The Labute approximate surface area is 168 Å². The van der Waals surface area contributed by atoms with Gasteiger partial charge < -0.3 is 16.0 Å². The van der Waals surface area contributed by atoms with Gasteiger partial charge in [0, 0.05) is 12.1 Å². The third-order valence-electron chi connectivity index (χ3n) is 4.44. The average Bonchev–Trinajstić information content (AvgIpc) is 2.67. The summed E-state index contributed by atoms with van der Waals surface area (Å²) in [5, 5.41) is 10.3. The molecule has 146 valence electrons. The van der Waals surface area contributed by atoms with Crippen LogP contribution in [0.5, 0.6) is 0 Å². The zero-order valence-electron chi connectivity index (χ0n) is 16.7. The molecule has 27 heavy (non-hydrogen) atoms. The Morgan fingerprint density at radius 2 is 2.11 bits per heavy atom. The lowest BCUT2D eigenvalue weighted by molar-refractivity contribution is 0.659. The van der Waals surface area contributed by atoms with Crippen molar-refractivity contribution in [1.29, 1.82) is 0 Å². The second-order valence-electron chi connectivity index (χ2n) is 6.17. The molecule has 0 saturated carbocycles. The van der Waals surface area contributed by atoms with E-state index >= 15 is 0 Å². The van der Waals surface area contributed by atoms with E-state index in [9.17, 15) is 0 Å². The van der Waals surface area contributed by atoms with Crippen LogP contribution < -0.4 is 16.0 Å². The van der Waals surface area contributed by atoms with Crippen LogP contribution in [0.25, 0.3) is 5.57 Å². The summed E-state index contributed by atoms with van der Waals surface area (Å²) in [6.07, 6.45) is 10.1. The van der Waals surface area contributed by atoms with Gasteiger partial charge in [0.2, 0.25) is 0 Å². The molecule has 3 N–H and O–H groups in total. The number of allylic oxidation sites excluding steroid dienone is 1. The third kappa shape index (κ3) is 7.08. The number of nitrogens with zero attached hydrogens (tertiary/aromatic N) is 1. The fraction of sp³-hybridized carbons (Fsp3) is 0.318. The van der Waals surface area contributed by atoms with Crippen molar-refractivity contribution < 1.29 is 0 Å². The third-order valence-corrected chi connectivity index (χ3v) is 4.68. The fourth-order valence-electron chi connectivity index (χ4n) is 2.76. The Kier molecular flexibility index (Phi) is 10.2. The molecule has 0 fully saturated rings. The number of halogens is 1. The first-order chi connectivity index (χ1) is 13.0. The molecular weight excluding hydrogens is 356 g/mol. The van der Waals surface area contributed by atoms with Crippen LogP contribution in [-0.2, 0) is 6.42 Å². The van der Waals surface area contributed by atoms with Crippen molar-refractivity contribution >= 4 is 23.5 Å². The molecule has 1 unspecified atom stereocenters. The standard InChI is InChI=1S/C22H31ClN4/c1-7-16(3)22(27-8-2)13-18-9-10-19(23)14-20(18)17(4)21(25-6)11-12-26-15-24-5/h7-12,14-15,21-22,25,27H,2,4,13H2,1,3,5-6H3,(H,24,26)/b12-11+,16-7-/t21-,22?/m0/s1. The molecule has 1 aromatic rings. The minimum absolute atomic E-state index is 0.0337. The van der Waals surface area contributed by atoms with Crippen molar-refractivity contribution in [1.82, 2.24) is 16.0 Å². The Morgan fingerprint density at radius 3 is 2.70 bits per heavy atom. The van der Waals surface area contributed by atoms with Crippen molar-refractivity contribution in [3.05, 3.63) is 77.6 Å². The Hall–Kier alpha value is -2.30. The number of nitrogens with one attached hydrogen (secondary N) is 3. The van der Waals surface area contributed by atoms with Crippen LogP contribution in [0.4, 0.5) is 0 Å². The van der Waals surface area contributed by atoms with Crippen LogP contribution in [0.3, 0.4) is 0 Å². The molecule has 0 spiro atoms. The minimum atomic E-state index is -0.0337. The van der Waals surface area contributed by atoms with Gasteiger partial charge in [0.1, 0.15) is 0 Å². The van der Waals surface area contributed by atoms with Gasteiger partial charge in [0.05, 0.1) is 18.4 Å². The Morgan fingerprint density at radius 1 is 1.37 bits per heavy atom. The first-order valence-corrected chi connectivity index (χ1v) is 9.34. The number of hydrogen-bond donors (Lipinski definition) is 3. The predicted molar refractivity (Wildman–Crippen MR) is 120 cm³/mol. The maximum atomic E-state index is 6.29. The van der Waals surface area contributed by atoms with Gasteiger partial charge in [-0.3, -0.25) is 4.99 Å². The van der Waals surface area contributed by atoms with E-state index in [1.165, 1.54) is 11.1 Å². The molecule has 0 aliphatic rings. The first kappa shape index (κ1) is 22.7. The first-order valence-electron chi connectivity index (χ1n) is 8.96. The van der Waals surface area contributed by atoms with E-state index in [4.69, 9.17) is 11.6 Å². The zero-order chi connectivity index (χ0) is 20.2. The second-order valence-corrected chi connectivity index (χ2v) is 6.60. The highest BCUT2D eigenvalue weighted by molar-refractivity contribution is 6.30. The molecular formula is C22H31ClN4. The topological polar surface area (TPSA) is 48.5 Å². The highest BCUT2D eigenvalue weighted by Gasteiger charge is 2.17. The number of rotatable bonds is 11. The fourth-order valence-corrected chi connectivity index (χ4v) is 2.94. The molecule has 5 heteroatoms. The number of aliphatic imine (C=N–C) groups is 1. The Bertz CT molecular complexity index is 719. The largest absolute Gasteiger partial charge is 0.385 e. The zero-order valence-corrected chi connectivity index (χ0v) is 17.5. The van der Waals surface area contributed by atoms with Crippen LogP contribution >= 0.6 is 11.6 Å². The molecule has 2 atom stereocenters. The molecule has 0 amide bonds. The van der Waals surface area contributed by atoms with Gasteiger partial charge in [-0.2, -0.15) is 0 Å². The van der Waals surface area contributed by atoms with E-state index in [2.05, 4.69) is 53.2 Å². The van der Waals surface area contributed by atoms with Crippen molar-refractivity contribution in [3.8, 4) is 0 Å². The van der Waals surface area contributed by atoms with Crippen LogP contribution in [0.15, 0.2) is 66.5 Å². The molecule has 1 rings (SSSR count). The lowest BCUT2D eigenvalue weighted by Gasteiger charge is -2.23. The maximum absolute atomic E-state index is 6.29. The van der Waals surface area contributed by atoms with Crippen LogP contribution in [0.1, 0.15) is 25.0 Å². The molecule has 4 nitrogen and oxygen atoms in total. The molecule has 0 radical (unpaired) electrons. The normalized spacial score (nSPS) is 14.3. The van der Waals surface area contributed by atoms with E-state index in [-0.39, 0.29) is 12.1 Å². The number of hydrogen-bond acceptors (Lipinski definition) is 3. The van der Waals surface area contributed by atoms with Gasteiger partial charge in [0.25, 0.3) is 0 Å². The smallest absolute Gasteiger partial charge is 0.0859 e. The molecule has 0 saturated heterocycles. The summed E-state index contributed by atoms with van der Waals surface area (Å²) in [5.74, 6) is 0. The van der Waals surface area contributed by atoms with Crippen LogP contribution in [0, 0.1) is 0 Å². The quantitative estimate of drug-likeness (QED) is 0.301. The molecule has 0 aromatic heterocycles. The maximum Gasteiger partial charge on any atom is 0.0859 e. The molecule has 0 aliphatic carbocycles. The van der Waals surface area contributed by atoms with Gasteiger partial charge in [0.15, 0.2) is 0 Å². The van der Waals surface area contributed by atoms with Gasteiger partial charge in [-0.25, -0.2) is 0 Å². The molecule has 1 aromatic carbocycles. The second kappa shape index (κ2) is 12.2. The predicted octanol–water partition coefficient (Wildman–Crippen LogP) is 4.31. The summed E-state index contributed by atoms with van der Waals surface area (Å²) in [4.78, 5) is 3.89. The Balaban J connectivity index is 3.18. The highest BCUT2D eigenvalue weighted by atomic mass is 35.5. The van der Waals surface area contributed by atoms with Crippen molar-refractivity contribution in [3.63, 3.8) is 0 Å². The average molecular weight is 387 g/mol. The van der Waals surface area contributed by atoms with E-state index < -0.39 is 0 Å². The minimum Gasteiger partial charge on any atom is -0.385 e. The lowest BCUT2D eigenvalue weighted by atomic mass is 9.90. The molecule has 0 bridgehead atoms. The van der Waals surface area contributed by atoms with Crippen molar-refractivity contribution in [2.24, 2.45) is 4.99 Å². The summed E-state index contributed by atoms with van der Waals surface area (Å²) in [6, 6.07) is 6.11. The molecule has 0 heterocycles. The summed E-state index contributed by atoms with van der Waals surface area (Å²) < 4.78 is 0. The summed E-state index contributed by atoms with van der Waals surface area (Å²) >= 11 is 6.29. The van der Waals surface area contributed by atoms with Crippen LogP contribution in [0.2, 0.25) is 5.02 Å². The van der Waals surface area contributed by atoms with Crippen molar-refractivity contribution in [2.45, 2.75) is 32.4 Å². The summed E-state index contributed by atoms with van der Waals surface area (Å²) in [5.41, 5.74) is 4.45. The number of likely N-dealkylation sites (N-methyl/N-ethyl adjacent to an activating group) is 1. The van der Waals surface area contributed by atoms with E-state index in [0.717, 1.165) is 17.6 Å². The number of benzene rings is 1. The highest BCUT2D eigenvalue weighted by Crippen LogP contribution is 2.27. The SMILES string of the molecule is C=CNC(Cc1ccc(Cl)cc1C(=C)[C@H](/C=C/NC=NC)NC)/C(C)=C\C. The molecule has 0 aliphatic heterocycles. The van der Waals surface area contributed by atoms with E-state index in [1.807, 2.05) is 38.4 Å².